The number of pyridine rings is 1. The zero-order chi connectivity index (χ0) is 25.9. The number of carboxylic acids is 1. The molecular weight excluding hydrogens is 410 g/mol. The van der Waals surface area contributed by atoms with Gasteiger partial charge >= 0.3 is 5.97 Å². The molecule has 1 aromatic carbocycles. The number of ether oxygens (including phenoxy) is 3. The van der Waals surface area contributed by atoms with Crippen molar-refractivity contribution in [3.63, 3.8) is 0 Å². The molecule has 8 heteroatoms. The Labute approximate surface area is 191 Å². The third-order valence-electron chi connectivity index (χ3n) is 6.31. The number of aromatic nitrogens is 2. The standard InChI is InChI=1S/C24H27N3O5/c1-30-24(31-2)14-23(15-24)6-9-27(10-7-23)17-3-4-19(22(28)29)20(12-17)32-18-11-16-5-8-25-21(16)26-13-18/h3-5,8,11-13H,6-7,9-10,14-15H2,1-2H3,(H,25,26)(H,28,29)/i9D2,10D2. The molecule has 0 atom stereocenters. The summed E-state index contributed by atoms with van der Waals surface area (Å²) in [4.78, 5) is 20.2. The van der Waals surface area contributed by atoms with E-state index >= 15 is 0 Å². The quantitative estimate of drug-likeness (QED) is 0.547. The first kappa shape index (κ1) is 16.5. The number of nitrogens with zero attached hydrogens (tertiary/aromatic N) is 2. The largest absolute Gasteiger partial charge is 0.478 e. The molecule has 0 bridgehead atoms. The Balaban J connectivity index is 1.49. The van der Waals surface area contributed by atoms with E-state index in [9.17, 15) is 9.90 Å². The van der Waals surface area contributed by atoms with Gasteiger partial charge in [-0.3, -0.25) is 0 Å². The molecule has 8 nitrogen and oxygen atoms in total. The van der Waals surface area contributed by atoms with Gasteiger partial charge in [0.2, 0.25) is 0 Å². The first-order valence-electron chi connectivity index (χ1n) is 12.3. The minimum atomic E-state index is -2.07. The lowest BCUT2D eigenvalue weighted by molar-refractivity contribution is -0.300. The zero-order valence-corrected chi connectivity index (χ0v) is 17.8. The zero-order valence-electron chi connectivity index (χ0n) is 21.8. The predicted molar refractivity (Wildman–Crippen MR) is 119 cm³/mol. The van der Waals surface area contributed by atoms with Gasteiger partial charge in [-0.05, 0) is 42.5 Å². The van der Waals surface area contributed by atoms with Crippen molar-refractivity contribution in [3.05, 3.63) is 48.3 Å². The van der Waals surface area contributed by atoms with E-state index in [1.807, 2.05) is 0 Å². The van der Waals surface area contributed by atoms with Gasteiger partial charge in [-0.2, -0.15) is 0 Å². The molecule has 3 aromatic rings. The van der Waals surface area contributed by atoms with E-state index in [1.165, 1.54) is 38.6 Å². The van der Waals surface area contributed by atoms with Gasteiger partial charge in [0.15, 0.2) is 5.79 Å². The summed E-state index contributed by atoms with van der Waals surface area (Å²) in [5, 5.41) is 10.5. The minimum absolute atomic E-state index is 0.0370. The molecule has 5 rings (SSSR count). The molecule has 0 amide bonds. The third kappa shape index (κ3) is 3.59. The van der Waals surface area contributed by atoms with Crippen LogP contribution in [0, 0.1) is 5.41 Å². The molecule has 168 valence electrons. The molecule has 1 saturated carbocycles. The van der Waals surface area contributed by atoms with Gasteiger partial charge in [0.05, 0.1) is 6.20 Å². The van der Waals surface area contributed by atoms with Crippen molar-refractivity contribution in [1.82, 2.24) is 9.97 Å². The van der Waals surface area contributed by atoms with Crippen LogP contribution in [0.5, 0.6) is 11.5 Å². The van der Waals surface area contributed by atoms with E-state index in [0.717, 1.165) is 10.3 Å². The summed E-state index contributed by atoms with van der Waals surface area (Å²) in [5.41, 5.74) is 0.0827. The molecule has 1 saturated heterocycles. The van der Waals surface area contributed by atoms with E-state index in [0.29, 0.717) is 24.2 Å². The highest BCUT2D eigenvalue weighted by molar-refractivity contribution is 5.92. The van der Waals surface area contributed by atoms with Gasteiger partial charge in [0.25, 0.3) is 0 Å². The second-order valence-electron chi connectivity index (χ2n) is 8.35. The van der Waals surface area contributed by atoms with Crippen LogP contribution in [0.1, 0.15) is 41.5 Å². The third-order valence-corrected chi connectivity index (χ3v) is 6.31. The van der Waals surface area contributed by atoms with Crippen molar-refractivity contribution in [3.8, 4) is 11.5 Å². The average Bonchev–Trinajstić information content (AvgIpc) is 3.23. The Morgan fingerprint density at radius 2 is 1.94 bits per heavy atom. The highest BCUT2D eigenvalue weighted by Gasteiger charge is 2.56. The van der Waals surface area contributed by atoms with Gasteiger partial charge in [-0.15, -0.1) is 0 Å². The minimum Gasteiger partial charge on any atom is -0.478 e. The first-order chi connectivity index (χ1) is 16.9. The van der Waals surface area contributed by atoms with Gasteiger partial charge in [-0.1, -0.05) is 0 Å². The molecule has 2 fully saturated rings. The fourth-order valence-corrected chi connectivity index (χ4v) is 4.52. The van der Waals surface area contributed by atoms with Crippen molar-refractivity contribution in [2.75, 3.05) is 32.1 Å². The van der Waals surface area contributed by atoms with Crippen molar-refractivity contribution in [1.29, 1.82) is 0 Å². The number of benzene rings is 1. The van der Waals surface area contributed by atoms with Crippen LogP contribution in [0.4, 0.5) is 5.69 Å². The highest BCUT2D eigenvalue weighted by Crippen LogP contribution is 2.56. The molecule has 0 radical (unpaired) electrons. The van der Waals surface area contributed by atoms with Gasteiger partial charge in [-0.25, -0.2) is 9.78 Å². The van der Waals surface area contributed by atoms with Crippen LogP contribution in [0.2, 0.25) is 0 Å². The van der Waals surface area contributed by atoms with Crippen LogP contribution in [0.15, 0.2) is 42.7 Å². The van der Waals surface area contributed by atoms with E-state index in [1.54, 1.807) is 18.3 Å². The SMILES string of the molecule is [2H]C1([2H])CC2(CC(OC)(OC)C2)CC([2H])([2H])N1c1ccc(C(=O)O)c(Oc2cnc3[nH]ccc3c2)c1. The maximum Gasteiger partial charge on any atom is 0.339 e. The maximum absolute atomic E-state index is 11.9. The summed E-state index contributed by atoms with van der Waals surface area (Å²) in [6.45, 7) is -4.13. The number of aromatic amines is 1. The average molecular weight is 442 g/mol. The fourth-order valence-electron chi connectivity index (χ4n) is 4.52. The Morgan fingerprint density at radius 1 is 1.19 bits per heavy atom. The Bertz CT molecular complexity index is 1300. The number of H-pyrrole nitrogens is 1. The lowest BCUT2D eigenvalue weighted by Crippen LogP contribution is -2.58. The highest BCUT2D eigenvalue weighted by atomic mass is 16.7. The summed E-state index contributed by atoms with van der Waals surface area (Å²) in [7, 11) is 3.06. The van der Waals surface area contributed by atoms with Crippen LogP contribution >= 0.6 is 0 Å². The Morgan fingerprint density at radius 3 is 2.62 bits per heavy atom. The number of fused-ring (bicyclic) bond motifs is 1. The number of carbonyl (C=O) groups is 1. The second kappa shape index (κ2) is 7.79. The van der Waals surface area contributed by atoms with Crippen LogP contribution in [-0.2, 0) is 9.47 Å². The molecule has 0 unspecified atom stereocenters. The maximum atomic E-state index is 11.9. The van der Waals surface area contributed by atoms with Crippen molar-refractivity contribution < 1.29 is 29.6 Å². The van der Waals surface area contributed by atoms with E-state index < -0.39 is 30.2 Å². The van der Waals surface area contributed by atoms with Crippen LogP contribution in [0.25, 0.3) is 11.0 Å². The van der Waals surface area contributed by atoms with Crippen LogP contribution in [-0.4, -0.2) is 54.0 Å². The lowest BCUT2D eigenvalue weighted by Gasteiger charge is -2.57. The number of aromatic carboxylic acids is 1. The smallest absolute Gasteiger partial charge is 0.339 e. The lowest BCUT2D eigenvalue weighted by atomic mass is 9.59. The van der Waals surface area contributed by atoms with Crippen molar-refractivity contribution in [2.45, 2.75) is 31.5 Å². The number of hydrogen-bond acceptors (Lipinski definition) is 6. The fraction of sp³-hybridized carbons (Fsp3) is 0.417. The molecule has 32 heavy (non-hydrogen) atoms. The predicted octanol–water partition coefficient (Wildman–Crippen LogP) is 4.42. The van der Waals surface area contributed by atoms with Gasteiger partial charge in [0, 0.05) is 68.9 Å². The number of methoxy groups -OCH3 is 2. The van der Waals surface area contributed by atoms with Crippen molar-refractivity contribution >= 4 is 22.7 Å². The van der Waals surface area contributed by atoms with Crippen LogP contribution in [0.3, 0.4) is 0 Å². The number of piperidine rings is 1. The topological polar surface area (TPSA) is 96.9 Å². The van der Waals surface area contributed by atoms with E-state index in [4.69, 9.17) is 19.7 Å². The molecule has 2 aliphatic rings. The molecule has 3 heterocycles. The Kier molecular flexibility index (Phi) is 4.02. The van der Waals surface area contributed by atoms with E-state index in [2.05, 4.69) is 9.97 Å². The number of nitrogens with one attached hydrogen (secondary N) is 1. The summed E-state index contributed by atoms with van der Waals surface area (Å²) in [6.07, 6.45) is 4.09. The number of anilines is 1. The number of hydrogen-bond donors (Lipinski definition) is 2. The van der Waals surface area contributed by atoms with Crippen molar-refractivity contribution in [2.24, 2.45) is 5.41 Å². The monoisotopic (exact) mass is 441 g/mol. The summed E-state index contributed by atoms with van der Waals surface area (Å²) in [6, 6.07) is 7.59. The number of carboxylic acid groups (broad SMARTS) is 1. The molecule has 1 spiro atoms. The summed E-state index contributed by atoms with van der Waals surface area (Å²) >= 11 is 0. The summed E-state index contributed by atoms with van der Waals surface area (Å²) < 4.78 is 52.1. The van der Waals surface area contributed by atoms with Gasteiger partial charge < -0.3 is 29.2 Å². The first-order valence-corrected chi connectivity index (χ1v) is 10.3. The second-order valence-corrected chi connectivity index (χ2v) is 8.35. The number of rotatable bonds is 6. The van der Waals surface area contributed by atoms with Crippen LogP contribution < -0.4 is 9.64 Å². The summed E-state index contributed by atoms with van der Waals surface area (Å²) in [5.74, 6) is -1.78. The molecule has 2 aromatic heterocycles. The normalized spacial score (nSPS) is 24.1. The Hall–Kier alpha value is -3.10. The van der Waals surface area contributed by atoms with Gasteiger partial charge in [0.1, 0.15) is 22.7 Å². The molecule has 1 aliphatic carbocycles. The molecule has 1 aliphatic heterocycles. The molecular formula is C24H27N3O5. The van der Waals surface area contributed by atoms with E-state index in [-0.39, 0.29) is 29.8 Å². The molecule has 2 N–H and O–H groups in total.